The van der Waals surface area contributed by atoms with Gasteiger partial charge >= 0.3 is 0 Å². The summed E-state index contributed by atoms with van der Waals surface area (Å²) in [7, 11) is 0. The predicted octanol–water partition coefficient (Wildman–Crippen LogP) is 12.0. The summed E-state index contributed by atoms with van der Waals surface area (Å²) in [5.74, 6) is 3.56. The van der Waals surface area contributed by atoms with E-state index in [1.165, 1.54) is 22.3 Å². The van der Waals surface area contributed by atoms with E-state index >= 15 is 0 Å². The molecule has 56 heavy (non-hydrogen) atoms. The molecule has 1 aromatic heterocycles. The van der Waals surface area contributed by atoms with Crippen LogP contribution >= 0.6 is 0 Å². The van der Waals surface area contributed by atoms with Gasteiger partial charge in [-0.3, -0.25) is 0 Å². The standard InChI is InChI=1S/C51H30N4O/c52-31-32-19-21-33(22-20-32)37-25-26-40-41-28-36-23-24-38(50-54-48(34-11-3-1-4-12-34)53-49(55-50)35-13-5-2-6-14-35)27-39(36)30-45(41)51(44(40)29-37)42-15-7-9-17-46(42)56-47-18-10-8-16-43(47)51/h1-30H. The minimum absolute atomic E-state index is 0.618. The first kappa shape index (κ1) is 31.8. The normalized spacial score (nSPS) is 12.9. The van der Waals surface area contributed by atoms with Gasteiger partial charge in [0.1, 0.15) is 11.5 Å². The van der Waals surface area contributed by atoms with Crippen LogP contribution in [0.2, 0.25) is 0 Å². The molecule has 0 atom stereocenters. The van der Waals surface area contributed by atoms with Crippen molar-refractivity contribution in [1.82, 2.24) is 15.0 Å². The molecule has 0 radical (unpaired) electrons. The summed E-state index contributed by atoms with van der Waals surface area (Å²) < 4.78 is 6.64. The minimum Gasteiger partial charge on any atom is -0.457 e. The molecule has 0 fully saturated rings. The number of nitrogens with zero attached hydrogens (tertiary/aromatic N) is 4. The highest BCUT2D eigenvalue weighted by Gasteiger charge is 2.51. The van der Waals surface area contributed by atoms with Crippen LogP contribution in [0.1, 0.15) is 27.8 Å². The monoisotopic (exact) mass is 714 g/mol. The zero-order valence-electron chi connectivity index (χ0n) is 30.0. The lowest BCUT2D eigenvalue weighted by atomic mass is 9.65. The van der Waals surface area contributed by atoms with Gasteiger partial charge in [-0.15, -0.1) is 0 Å². The third kappa shape index (κ3) is 4.83. The molecule has 2 aliphatic rings. The number of benzene rings is 8. The van der Waals surface area contributed by atoms with E-state index in [1.54, 1.807) is 0 Å². The molecule has 0 saturated heterocycles. The van der Waals surface area contributed by atoms with E-state index in [0.717, 1.165) is 61.2 Å². The highest BCUT2D eigenvalue weighted by molar-refractivity contribution is 5.98. The van der Waals surface area contributed by atoms with Gasteiger partial charge in [0.2, 0.25) is 0 Å². The number of fused-ring (bicyclic) bond motifs is 10. The Labute approximate surface area is 323 Å². The Balaban J connectivity index is 1.15. The Kier molecular flexibility index (Phi) is 7.07. The molecule has 260 valence electrons. The van der Waals surface area contributed by atoms with Crippen molar-refractivity contribution in [3.05, 3.63) is 210 Å². The first-order valence-electron chi connectivity index (χ1n) is 18.7. The molecule has 9 aromatic rings. The quantitative estimate of drug-likeness (QED) is 0.181. The predicted molar refractivity (Wildman–Crippen MR) is 221 cm³/mol. The number of para-hydroxylation sites is 2. The topological polar surface area (TPSA) is 71.7 Å². The maximum absolute atomic E-state index is 9.49. The van der Waals surface area contributed by atoms with Crippen molar-refractivity contribution in [1.29, 1.82) is 5.26 Å². The van der Waals surface area contributed by atoms with Gasteiger partial charge in [-0.1, -0.05) is 133 Å². The summed E-state index contributed by atoms with van der Waals surface area (Å²) in [5, 5.41) is 11.7. The van der Waals surface area contributed by atoms with E-state index in [1.807, 2.05) is 97.1 Å². The average molecular weight is 715 g/mol. The molecule has 0 amide bonds. The van der Waals surface area contributed by atoms with E-state index in [0.29, 0.717) is 23.0 Å². The van der Waals surface area contributed by atoms with E-state index in [2.05, 4.69) is 91.0 Å². The SMILES string of the molecule is N#Cc1ccc(-c2ccc3c(c2)C2(c4ccccc4Oc4ccccc42)c2cc4cc(-c5nc(-c6ccccc6)nc(-c6ccccc6)n5)ccc4cc2-3)cc1. The van der Waals surface area contributed by atoms with Crippen LogP contribution in [0, 0.1) is 11.3 Å². The van der Waals surface area contributed by atoms with Crippen LogP contribution in [0.15, 0.2) is 182 Å². The molecule has 5 heteroatoms. The maximum atomic E-state index is 9.49. The summed E-state index contributed by atoms with van der Waals surface area (Å²) in [6.45, 7) is 0. The smallest absolute Gasteiger partial charge is 0.164 e. The Morgan fingerprint density at radius 1 is 0.393 bits per heavy atom. The lowest BCUT2D eigenvalue weighted by Crippen LogP contribution is -2.32. The van der Waals surface area contributed by atoms with Gasteiger partial charge in [0.25, 0.3) is 0 Å². The zero-order valence-corrected chi connectivity index (χ0v) is 30.0. The molecular weight excluding hydrogens is 685 g/mol. The number of hydrogen-bond donors (Lipinski definition) is 0. The van der Waals surface area contributed by atoms with Crippen molar-refractivity contribution >= 4 is 10.8 Å². The summed E-state index contributed by atoms with van der Waals surface area (Å²) in [6, 6.07) is 65.1. The second kappa shape index (κ2) is 12.4. The molecule has 0 N–H and O–H groups in total. The van der Waals surface area contributed by atoms with E-state index < -0.39 is 5.41 Å². The number of rotatable bonds is 4. The van der Waals surface area contributed by atoms with Gasteiger partial charge in [-0.2, -0.15) is 5.26 Å². The van der Waals surface area contributed by atoms with Crippen LogP contribution in [0.4, 0.5) is 0 Å². The lowest BCUT2D eigenvalue weighted by Gasteiger charge is -2.39. The second-order valence-electron chi connectivity index (χ2n) is 14.3. The molecular formula is C51H30N4O. The van der Waals surface area contributed by atoms with E-state index in [4.69, 9.17) is 19.7 Å². The minimum atomic E-state index is -0.656. The van der Waals surface area contributed by atoms with Gasteiger partial charge < -0.3 is 4.74 Å². The van der Waals surface area contributed by atoms with Crippen molar-refractivity contribution in [2.24, 2.45) is 0 Å². The molecule has 1 aliphatic carbocycles. The summed E-state index contributed by atoms with van der Waals surface area (Å²) in [5.41, 5.74) is 11.9. The summed E-state index contributed by atoms with van der Waals surface area (Å²) in [4.78, 5) is 15.0. The van der Waals surface area contributed by atoms with Crippen molar-refractivity contribution < 1.29 is 4.74 Å². The van der Waals surface area contributed by atoms with Crippen molar-refractivity contribution in [2.45, 2.75) is 5.41 Å². The maximum Gasteiger partial charge on any atom is 0.164 e. The van der Waals surface area contributed by atoms with E-state index in [9.17, 15) is 5.26 Å². The van der Waals surface area contributed by atoms with Gasteiger partial charge in [0.05, 0.1) is 17.0 Å². The lowest BCUT2D eigenvalue weighted by molar-refractivity contribution is 0.436. The number of aromatic nitrogens is 3. The second-order valence-corrected chi connectivity index (χ2v) is 14.3. The molecule has 0 unspecified atom stereocenters. The zero-order chi connectivity index (χ0) is 37.2. The molecule has 8 aromatic carbocycles. The fourth-order valence-corrected chi connectivity index (χ4v) is 8.63. The molecule has 5 nitrogen and oxygen atoms in total. The third-order valence-corrected chi connectivity index (χ3v) is 11.2. The Morgan fingerprint density at radius 3 is 1.55 bits per heavy atom. The fraction of sp³-hybridized carbons (Fsp3) is 0.0196. The van der Waals surface area contributed by atoms with Crippen molar-refractivity contribution in [2.75, 3.05) is 0 Å². The molecule has 2 heterocycles. The Hall–Kier alpha value is -7.68. The van der Waals surface area contributed by atoms with Crippen LogP contribution in [0.25, 0.3) is 67.2 Å². The largest absolute Gasteiger partial charge is 0.457 e. The molecule has 0 bridgehead atoms. The number of ether oxygens (including phenoxy) is 1. The Bertz CT molecular complexity index is 2960. The highest BCUT2D eigenvalue weighted by Crippen LogP contribution is 2.63. The van der Waals surface area contributed by atoms with Crippen LogP contribution in [0.5, 0.6) is 11.5 Å². The van der Waals surface area contributed by atoms with Crippen LogP contribution in [-0.2, 0) is 5.41 Å². The average Bonchev–Trinajstić information content (AvgIpc) is 3.54. The molecule has 0 saturated carbocycles. The number of hydrogen-bond acceptors (Lipinski definition) is 5. The molecule has 1 aliphatic heterocycles. The molecule has 11 rings (SSSR count). The highest BCUT2D eigenvalue weighted by atomic mass is 16.5. The van der Waals surface area contributed by atoms with E-state index in [-0.39, 0.29) is 0 Å². The van der Waals surface area contributed by atoms with Crippen LogP contribution in [-0.4, -0.2) is 15.0 Å². The van der Waals surface area contributed by atoms with Gasteiger partial charge in [-0.25, -0.2) is 15.0 Å². The van der Waals surface area contributed by atoms with Gasteiger partial charge in [0.15, 0.2) is 17.5 Å². The van der Waals surface area contributed by atoms with Crippen molar-refractivity contribution in [3.8, 4) is 74.0 Å². The summed E-state index contributed by atoms with van der Waals surface area (Å²) in [6.07, 6.45) is 0. The van der Waals surface area contributed by atoms with Gasteiger partial charge in [-0.05, 0) is 92.7 Å². The van der Waals surface area contributed by atoms with Crippen molar-refractivity contribution in [3.63, 3.8) is 0 Å². The van der Waals surface area contributed by atoms with Crippen LogP contribution < -0.4 is 4.74 Å². The summed E-state index contributed by atoms with van der Waals surface area (Å²) >= 11 is 0. The van der Waals surface area contributed by atoms with Gasteiger partial charge in [0, 0.05) is 27.8 Å². The number of nitriles is 1. The molecule has 1 spiro atoms. The van der Waals surface area contributed by atoms with Crippen LogP contribution in [0.3, 0.4) is 0 Å². The Morgan fingerprint density at radius 2 is 0.929 bits per heavy atom. The first-order valence-corrected chi connectivity index (χ1v) is 18.7. The first-order chi connectivity index (χ1) is 27.7. The third-order valence-electron chi connectivity index (χ3n) is 11.2. The fourth-order valence-electron chi connectivity index (χ4n) is 8.63.